The summed E-state index contributed by atoms with van der Waals surface area (Å²) in [6.07, 6.45) is 3.34. The van der Waals surface area contributed by atoms with Crippen LogP contribution < -0.4 is 10.6 Å². The van der Waals surface area contributed by atoms with E-state index in [0.717, 1.165) is 32.4 Å². The van der Waals surface area contributed by atoms with Gasteiger partial charge in [-0.05, 0) is 30.4 Å². The summed E-state index contributed by atoms with van der Waals surface area (Å²) >= 11 is 0. The number of anilines is 1. The number of piperidine rings is 1. The maximum Gasteiger partial charge on any atom is 0.270 e. The zero-order valence-corrected chi connectivity index (χ0v) is 19.0. The molecule has 1 atom stereocenters. The van der Waals surface area contributed by atoms with E-state index in [4.69, 9.17) is 0 Å². The summed E-state index contributed by atoms with van der Waals surface area (Å²) in [4.78, 5) is 36.4. The molecule has 2 aromatic rings. The number of rotatable bonds is 7. The van der Waals surface area contributed by atoms with E-state index >= 15 is 0 Å². The van der Waals surface area contributed by atoms with Crippen molar-refractivity contribution in [3.63, 3.8) is 0 Å². The summed E-state index contributed by atoms with van der Waals surface area (Å²) in [7, 11) is 0. The number of benzene rings is 1. The first kappa shape index (κ1) is 23.1. The third-order valence-electron chi connectivity index (χ3n) is 6.37. The Morgan fingerprint density at radius 3 is 2.67 bits per heavy atom. The summed E-state index contributed by atoms with van der Waals surface area (Å²) in [5.74, 6) is 0.348. The Hall–Kier alpha value is -3.04. The van der Waals surface area contributed by atoms with Crippen LogP contribution in [0.2, 0.25) is 0 Å². The summed E-state index contributed by atoms with van der Waals surface area (Å²) in [5.41, 5.74) is 2.93. The van der Waals surface area contributed by atoms with Crippen molar-refractivity contribution in [3.05, 3.63) is 53.5 Å². The summed E-state index contributed by atoms with van der Waals surface area (Å²) in [6, 6.07) is 10.2. The predicted octanol–water partition coefficient (Wildman–Crippen LogP) is 1.05. The second-order valence-electron chi connectivity index (χ2n) is 8.83. The molecule has 3 N–H and O–H groups in total. The zero-order chi connectivity index (χ0) is 23.2. The van der Waals surface area contributed by atoms with E-state index in [9.17, 15) is 14.7 Å². The van der Waals surface area contributed by atoms with E-state index in [1.165, 1.54) is 17.5 Å². The molecule has 0 spiro atoms. The molecule has 1 aromatic heterocycles. The maximum absolute atomic E-state index is 12.6. The van der Waals surface area contributed by atoms with E-state index < -0.39 is 6.10 Å². The highest BCUT2D eigenvalue weighted by Gasteiger charge is 2.22. The minimum atomic E-state index is -0.662. The van der Waals surface area contributed by atoms with Gasteiger partial charge in [-0.15, -0.1) is 0 Å². The smallest absolute Gasteiger partial charge is 0.270 e. The molecule has 1 aromatic carbocycles. The average molecular weight is 453 g/mol. The number of hydrogen-bond donors (Lipinski definition) is 3. The average Bonchev–Trinajstić information content (AvgIpc) is 2.83. The van der Waals surface area contributed by atoms with Crippen molar-refractivity contribution in [2.24, 2.45) is 0 Å². The molecule has 2 amide bonds. The van der Waals surface area contributed by atoms with Crippen LogP contribution >= 0.6 is 0 Å². The third kappa shape index (κ3) is 6.27. The monoisotopic (exact) mass is 452 g/mol. The van der Waals surface area contributed by atoms with Crippen LogP contribution in [0.1, 0.15) is 41.4 Å². The van der Waals surface area contributed by atoms with Gasteiger partial charge in [0.05, 0.1) is 6.10 Å². The van der Waals surface area contributed by atoms with E-state index in [2.05, 4.69) is 43.7 Å². The lowest BCUT2D eigenvalue weighted by Crippen LogP contribution is -2.42. The number of fused-ring (bicyclic) bond motifs is 1. The van der Waals surface area contributed by atoms with Gasteiger partial charge < -0.3 is 20.6 Å². The Morgan fingerprint density at radius 2 is 1.91 bits per heavy atom. The molecular weight excluding hydrogens is 420 g/mol. The van der Waals surface area contributed by atoms with Gasteiger partial charge in [-0.2, -0.15) is 0 Å². The van der Waals surface area contributed by atoms with Crippen LogP contribution in [0.5, 0.6) is 0 Å². The number of nitrogens with zero attached hydrogens (tertiary/aromatic N) is 4. The molecule has 0 radical (unpaired) electrons. The molecule has 0 saturated carbocycles. The fraction of sp³-hybridized carbons (Fsp3) is 0.500. The molecule has 176 valence electrons. The molecule has 33 heavy (non-hydrogen) atoms. The molecule has 1 fully saturated rings. The minimum Gasteiger partial charge on any atom is -0.390 e. The molecule has 9 heteroatoms. The Bertz CT molecular complexity index is 976. The standard InChI is InChI=1S/C24H32N6O3/c1-17(31)30-10-7-20(8-11-30)28-23-12-22(26-16-27-23)24(33)25-13-21(32)15-29-9-6-18-4-2-3-5-19(18)14-29/h2-5,12,16,20-21,32H,6-11,13-15H2,1H3,(H,25,33)(H,26,27,28)/t21-/m1/s1. The number of amides is 2. The molecule has 2 aliphatic heterocycles. The minimum absolute atomic E-state index is 0.0988. The summed E-state index contributed by atoms with van der Waals surface area (Å²) < 4.78 is 0. The molecule has 2 aliphatic rings. The highest BCUT2D eigenvalue weighted by molar-refractivity contribution is 5.92. The van der Waals surface area contributed by atoms with Gasteiger partial charge in [0.15, 0.2) is 0 Å². The largest absolute Gasteiger partial charge is 0.390 e. The van der Waals surface area contributed by atoms with Crippen molar-refractivity contribution in [3.8, 4) is 0 Å². The fourth-order valence-corrected chi connectivity index (χ4v) is 4.48. The highest BCUT2D eigenvalue weighted by atomic mass is 16.3. The van der Waals surface area contributed by atoms with E-state index in [0.29, 0.717) is 25.5 Å². The van der Waals surface area contributed by atoms with Gasteiger partial charge in [0.2, 0.25) is 5.91 Å². The lowest BCUT2D eigenvalue weighted by molar-refractivity contribution is -0.129. The Morgan fingerprint density at radius 1 is 1.15 bits per heavy atom. The van der Waals surface area contributed by atoms with Crippen LogP contribution in [0.4, 0.5) is 5.82 Å². The quantitative estimate of drug-likeness (QED) is 0.576. The number of hydrogen-bond acceptors (Lipinski definition) is 7. The van der Waals surface area contributed by atoms with E-state index in [1.807, 2.05) is 11.0 Å². The van der Waals surface area contributed by atoms with Crippen molar-refractivity contribution in [1.29, 1.82) is 0 Å². The molecule has 4 rings (SSSR count). The van der Waals surface area contributed by atoms with Gasteiger partial charge >= 0.3 is 0 Å². The zero-order valence-electron chi connectivity index (χ0n) is 19.0. The SMILES string of the molecule is CC(=O)N1CCC(Nc2cc(C(=O)NC[C@@H](O)CN3CCc4ccccc4C3)ncn2)CC1. The molecule has 3 heterocycles. The Balaban J connectivity index is 1.23. The highest BCUT2D eigenvalue weighted by Crippen LogP contribution is 2.18. The maximum atomic E-state index is 12.6. The number of β-amino-alcohol motifs (C(OH)–C–C–N with tert-alkyl or cyclic N) is 1. The van der Waals surface area contributed by atoms with Gasteiger partial charge in [-0.1, -0.05) is 24.3 Å². The van der Waals surface area contributed by atoms with Crippen LogP contribution in [0.25, 0.3) is 0 Å². The number of aliphatic hydroxyl groups excluding tert-OH is 1. The second kappa shape index (κ2) is 10.7. The number of aromatic nitrogens is 2. The van der Waals surface area contributed by atoms with Gasteiger partial charge in [-0.3, -0.25) is 14.5 Å². The van der Waals surface area contributed by atoms with Crippen molar-refractivity contribution < 1.29 is 14.7 Å². The van der Waals surface area contributed by atoms with Gasteiger partial charge in [-0.25, -0.2) is 9.97 Å². The van der Waals surface area contributed by atoms with Gasteiger partial charge in [0.1, 0.15) is 17.8 Å². The first-order chi connectivity index (χ1) is 16.0. The van der Waals surface area contributed by atoms with Crippen molar-refractivity contribution >= 4 is 17.6 Å². The number of likely N-dealkylation sites (tertiary alicyclic amines) is 1. The summed E-state index contributed by atoms with van der Waals surface area (Å²) in [6.45, 7) is 5.39. The lowest BCUT2D eigenvalue weighted by atomic mass is 10.00. The fourth-order valence-electron chi connectivity index (χ4n) is 4.48. The van der Waals surface area contributed by atoms with Crippen LogP contribution in [-0.2, 0) is 17.8 Å². The van der Waals surface area contributed by atoms with Crippen LogP contribution in [0.15, 0.2) is 36.7 Å². The van der Waals surface area contributed by atoms with Crippen LogP contribution in [-0.4, -0.2) is 81.6 Å². The molecule has 1 saturated heterocycles. The van der Waals surface area contributed by atoms with Crippen LogP contribution in [0.3, 0.4) is 0 Å². The predicted molar refractivity (Wildman–Crippen MR) is 125 cm³/mol. The molecular formula is C24H32N6O3. The number of nitrogens with one attached hydrogen (secondary N) is 2. The Labute approximate surface area is 194 Å². The topological polar surface area (TPSA) is 111 Å². The third-order valence-corrected chi connectivity index (χ3v) is 6.37. The van der Waals surface area contributed by atoms with Crippen molar-refractivity contribution in [1.82, 2.24) is 25.1 Å². The first-order valence-corrected chi connectivity index (χ1v) is 11.6. The molecule has 9 nitrogen and oxygen atoms in total. The van der Waals surface area contributed by atoms with Gasteiger partial charge in [0.25, 0.3) is 5.91 Å². The molecule has 0 aliphatic carbocycles. The normalized spacial score (nSPS) is 17.8. The number of aliphatic hydroxyl groups is 1. The van der Waals surface area contributed by atoms with E-state index in [1.54, 1.807) is 13.0 Å². The summed E-state index contributed by atoms with van der Waals surface area (Å²) in [5, 5.41) is 16.6. The first-order valence-electron chi connectivity index (χ1n) is 11.6. The van der Waals surface area contributed by atoms with Gasteiger partial charge in [0, 0.05) is 58.3 Å². The Kier molecular flexibility index (Phi) is 7.51. The van der Waals surface area contributed by atoms with E-state index in [-0.39, 0.29) is 30.1 Å². The second-order valence-corrected chi connectivity index (χ2v) is 8.83. The lowest BCUT2D eigenvalue weighted by Gasteiger charge is -2.31. The molecule has 0 unspecified atom stereocenters. The van der Waals surface area contributed by atoms with Crippen molar-refractivity contribution in [2.45, 2.75) is 44.9 Å². The van der Waals surface area contributed by atoms with Crippen LogP contribution in [0, 0.1) is 0 Å². The van der Waals surface area contributed by atoms with Crippen molar-refractivity contribution in [2.75, 3.05) is 38.0 Å². The number of carbonyl (C=O) groups excluding carboxylic acids is 2. The molecule has 0 bridgehead atoms. The number of carbonyl (C=O) groups is 2.